The molecule has 0 radical (unpaired) electrons. The molecule has 0 aliphatic heterocycles. The first kappa shape index (κ1) is 19.2. The topological polar surface area (TPSA) is 96.5 Å². The molecule has 0 aliphatic rings. The zero-order chi connectivity index (χ0) is 17.5. The molecule has 1 aromatic rings. The number of amides is 2. The second-order valence-corrected chi connectivity index (χ2v) is 6.86. The van der Waals surface area contributed by atoms with Crippen molar-refractivity contribution in [3.05, 3.63) is 29.6 Å². The average molecular weight is 347 g/mol. The molecule has 130 valence electrons. The molecule has 0 aliphatic carbocycles. The Balaban J connectivity index is 2.44. The van der Waals surface area contributed by atoms with E-state index in [1.165, 1.54) is 25.3 Å². The molecule has 0 bridgehead atoms. The predicted octanol–water partition coefficient (Wildman–Crippen LogP) is 1.13. The van der Waals surface area contributed by atoms with Gasteiger partial charge in [0.05, 0.1) is 19.4 Å². The van der Waals surface area contributed by atoms with Crippen LogP contribution in [0.25, 0.3) is 0 Å². The molecule has 0 heterocycles. The second kappa shape index (κ2) is 8.68. The lowest BCUT2D eigenvalue weighted by Gasteiger charge is -2.18. The Hall–Kier alpha value is -1.87. The molecule has 2 amide bonds. The summed E-state index contributed by atoms with van der Waals surface area (Å²) in [6.45, 7) is 2.26. The third-order valence-electron chi connectivity index (χ3n) is 3.01. The summed E-state index contributed by atoms with van der Waals surface area (Å²) in [6.07, 6.45) is 1.53. The molecule has 0 saturated heterocycles. The molecule has 0 unspecified atom stereocenters. The molecule has 7 nitrogen and oxygen atoms in total. The van der Waals surface area contributed by atoms with Gasteiger partial charge >= 0.3 is 6.03 Å². The summed E-state index contributed by atoms with van der Waals surface area (Å²) < 4.78 is 42.5. The predicted molar refractivity (Wildman–Crippen MR) is 85.4 cm³/mol. The van der Waals surface area contributed by atoms with Crippen molar-refractivity contribution < 1.29 is 22.3 Å². The summed E-state index contributed by atoms with van der Waals surface area (Å²) in [4.78, 5) is 11.8. The Morgan fingerprint density at radius 3 is 2.65 bits per heavy atom. The van der Waals surface area contributed by atoms with Crippen molar-refractivity contribution in [3.63, 3.8) is 0 Å². The van der Waals surface area contributed by atoms with E-state index in [0.717, 1.165) is 6.26 Å². The van der Waals surface area contributed by atoms with Crippen LogP contribution in [0.2, 0.25) is 0 Å². The second-order valence-electron chi connectivity index (χ2n) is 5.03. The van der Waals surface area contributed by atoms with Crippen LogP contribution in [0.3, 0.4) is 0 Å². The minimum Gasteiger partial charge on any atom is -0.496 e. The zero-order valence-corrected chi connectivity index (χ0v) is 14.2. The number of carbonyl (C=O) groups is 1. The maximum absolute atomic E-state index is 13.3. The van der Waals surface area contributed by atoms with Crippen LogP contribution in [0.15, 0.2) is 18.2 Å². The lowest BCUT2D eigenvalue weighted by atomic mass is 10.1. The molecule has 0 saturated carbocycles. The molecule has 1 aromatic carbocycles. The van der Waals surface area contributed by atoms with Crippen LogP contribution < -0.4 is 20.1 Å². The third kappa shape index (κ3) is 7.29. The lowest BCUT2D eigenvalue weighted by Crippen LogP contribution is -2.38. The van der Waals surface area contributed by atoms with Gasteiger partial charge in [-0.3, -0.25) is 0 Å². The quantitative estimate of drug-likeness (QED) is 0.614. The molecule has 0 spiro atoms. The van der Waals surface area contributed by atoms with Gasteiger partial charge in [-0.2, -0.15) is 0 Å². The van der Waals surface area contributed by atoms with Gasteiger partial charge in [0.15, 0.2) is 0 Å². The van der Waals surface area contributed by atoms with Crippen molar-refractivity contribution in [1.29, 1.82) is 0 Å². The van der Waals surface area contributed by atoms with Crippen LogP contribution in [-0.4, -0.2) is 40.9 Å². The van der Waals surface area contributed by atoms with E-state index < -0.39 is 27.9 Å². The Bertz CT molecular complexity index is 637. The molecule has 0 aromatic heterocycles. The van der Waals surface area contributed by atoms with Crippen LogP contribution in [0.1, 0.15) is 24.9 Å². The van der Waals surface area contributed by atoms with E-state index in [9.17, 15) is 17.6 Å². The fraction of sp³-hybridized carbons (Fsp3) is 0.500. The minimum absolute atomic E-state index is 0.242. The van der Waals surface area contributed by atoms with Crippen molar-refractivity contribution in [2.75, 3.05) is 26.5 Å². The van der Waals surface area contributed by atoms with Crippen molar-refractivity contribution in [2.45, 2.75) is 19.4 Å². The fourth-order valence-corrected chi connectivity index (χ4v) is 2.43. The summed E-state index contributed by atoms with van der Waals surface area (Å²) in [5.74, 6) is 0.0678. The molecular weight excluding hydrogens is 325 g/mol. The van der Waals surface area contributed by atoms with Crippen LogP contribution in [-0.2, 0) is 10.0 Å². The monoisotopic (exact) mass is 347 g/mol. The van der Waals surface area contributed by atoms with Gasteiger partial charge in [-0.05, 0) is 31.5 Å². The van der Waals surface area contributed by atoms with E-state index in [4.69, 9.17) is 4.74 Å². The fourth-order valence-electron chi connectivity index (χ4n) is 1.92. The van der Waals surface area contributed by atoms with E-state index in [-0.39, 0.29) is 6.54 Å². The van der Waals surface area contributed by atoms with Gasteiger partial charge in [0.1, 0.15) is 11.6 Å². The Morgan fingerprint density at radius 2 is 2.04 bits per heavy atom. The maximum Gasteiger partial charge on any atom is 0.315 e. The number of urea groups is 1. The van der Waals surface area contributed by atoms with Crippen molar-refractivity contribution >= 4 is 16.1 Å². The highest BCUT2D eigenvalue weighted by Crippen LogP contribution is 2.25. The number of carbonyl (C=O) groups excluding carboxylic acids is 1. The van der Waals surface area contributed by atoms with E-state index in [2.05, 4.69) is 15.4 Å². The van der Waals surface area contributed by atoms with Gasteiger partial charge < -0.3 is 15.4 Å². The largest absolute Gasteiger partial charge is 0.496 e. The third-order valence-corrected chi connectivity index (χ3v) is 3.74. The number of hydrogen-bond acceptors (Lipinski definition) is 4. The SMILES string of the molecule is COc1ccc(F)cc1[C@H](C)NC(=O)NCCCNS(C)(=O)=O. The van der Waals surface area contributed by atoms with Crippen molar-refractivity contribution in [1.82, 2.24) is 15.4 Å². The molecule has 0 fully saturated rings. The molecule has 9 heteroatoms. The number of sulfonamides is 1. The molecule has 1 atom stereocenters. The van der Waals surface area contributed by atoms with Gasteiger partial charge in [-0.1, -0.05) is 0 Å². The summed E-state index contributed by atoms with van der Waals surface area (Å²) >= 11 is 0. The lowest BCUT2D eigenvalue weighted by molar-refractivity contribution is 0.237. The number of methoxy groups -OCH3 is 1. The first-order chi connectivity index (χ1) is 10.7. The van der Waals surface area contributed by atoms with Gasteiger partial charge in [0.25, 0.3) is 0 Å². The van der Waals surface area contributed by atoms with E-state index in [1.807, 2.05) is 0 Å². The van der Waals surface area contributed by atoms with Gasteiger partial charge in [-0.15, -0.1) is 0 Å². The maximum atomic E-state index is 13.3. The average Bonchev–Trinajstić information content (AvgIpc) is 2.45. The normalized spacial score (nSPS) is 12.5. The molecule has 23 heavy (non-hydrogen) atoms. The Labute approximate surface area is 135 Å². The van der Waals surface area contributed by atoms with E-state index in [0.29, 0.717) is 24.3 Å². The standard InChI is InChI=1S/C14H22FN3O4S/c1-10(12-9-11(15)5-6-13(12)22-2)18-14(19)16-7-4-8-17-23(3,20)21/h5-6,9-10,17H,4,7-8H2,1-3H3,(H2,16,18,19)/t10-/m0/s1. The first-order valence-electron chi connectivity index (χ1n) is 7.05. The van der Waals surface area contributed by atoms with Crippen molar-refractivity contribution in [2.24, 2.45) is 0 Å². The molecule has 1 rings (SSSR count). The summed E-state index contributed by atoms with van der Waals surface area (Å²) in [5.41, 5.74) is 0.529. The van der Waals surface area contributed by atoms with Crippen molar-refractivity contribution in [3.8, 4) is 5.75 Å². The van der Waals surface area contributed by atoms with Crippen LogP contribution >= 0.6 is 0 Å². The summed E-state index contributed by atoms with van der Waals surface area (Å²) in [6, 6.07) is 3.21. The Morgan fingerprint density at radius 1 is 1.35 bits per heavy atom. The highest BCUT2D eigenvalue weighted by atomic mass is 32.2. The van der Waals surface area contributed by atoms with E-state index >= 15 is 0 Å². The molecular formula is C14H22FN3O4S. The van der Waals surface area contributed by atoms with Gasteiger partial charge in [-0.25, -0.2) is 22.3 Å². The minimum atomic E-state index is -3.22. The Kier molecular flexibility index (Phi) is 7.24. The number of rotatable bonds is 8. The van der Waals surface area contributed by atoms with Crippen LogP contribution in [0, 0.1) is 5.82 Å². The first-order valence-corrected chi connectivity index (χ1v) is 8.94. The number of ether oxygens (including phenoxy) is 1. The summed E-state index contributed by atoms with van der Waals surface area (Å²) in [5, 5.41) is 5.27. The number of benzene rings is 1. The molecule has 3 N–H and O–H groups in total. The van der Waals surface area contributed by atoms with Gasteiger partial charge in [0, 0.05) is 18.7 Å². The van der Waals surface area contributed by atoms with Gasteiger partial charge in [0.2, 0.25) is 10.0 Å². The number of nitrogens with one attached hydrogen (secondary N) is 3. The van der Waals surface area contributed by atoms with E-state index in [1.54, 1.807) is 6.92 Å². The highest BCUT2D eigenvalue weighted by Gasteiger charge is 2.14. The highest BCUT2D eigenvalue weighted by molar-refractivity contribution is 7.88. The number of hydrogen-bond donors (Lipinski definition) is 3. The zero-order valence-electron chi connectivity index (χ0n) is 13.3. The number of halogens is 1. The smallest absolute Gasteiger partial charge is 0.315 e. The van der Waals surface area contributed by atoms with Crippen LogP contribution in [0.4, 0.5) is 9.18 Å². The van der Waals surface area contributed by atoms with Crippen LogP contribution in [0.5, 0.6) is 5.75 Å². The summed E-state index contributed by atoms with van der Waals surface area (Å²) in [7, 11) is -1.75.